The Balaban J connectivity index is 1.75. The Bertz CT molecular complexity index is 582. The predicted molar refractivity (Wildman–Crippen MR) is 99.9 cm³/mol. The summed E-state index contributed by atoms with van der Waals surface area (Å²) in [6.45, 7) is 5.90. The molecule has 1 amide bonds. The van der Waals surface area contributed by atoms with Gasteiger partial charge in [0.2, 0.25) is 0 Å². The zero-order valence-corrected chi connectivity index (χ0v) is 15.4. The van der Waals surface area contributed by atoms with Crippen molar-refractivity contribution >= 4 is 11.7 Å². The molecule has 0 aromatic carbocycles. The number of rotatable bonds is 5. The zero-order chi connectivity index (χ0) is 17.7. The van der Waals surface area contributed by atoms with Crippen LogP contribution in [0.3, 0.4) is 0 Å². The number of piperidine rings is 2. The molecular weight excluding hydrogens is 314 g/mol. The van der Waals surface area contributed by atoms with Crippen molar-refractivity contribution in [2.45, 2.75) is 51.9 Å². The van der Waals surface area contributed by atoms with Gasteiger partial charge in [0.25, 0.3) is 5.91 Å². The van der Waals surface area contributed by atoms with Crippen LogP contribution in [-0.4, -0.2) is 53.7 Å². The summed E-state index contributed by atoms with van der Waals surface area (Å²) in [6, 6.07) is 3.77. The first kappa shape index (κ1) is 18.2. The number of hydrogen-bond acceptors (Lipinski definition) is 4. The van der Waals surface area contributed by atoms with E-state index in [0.29, 0.717) is 0 Å². The topological polar surface area (TPSA) is 56.7 Å². The predicted octanol–water partition coefficient (Wildman–Crippen LogP) is 3.09. The van der Waals surface area contributed by atoms with E-state index >= 15 is 0 Å². The van der Waals surface area contributed by atoms with Crippen molar-refractivity contribution in [2.75, 3.05) is 37.7 Å². The molecular formula is C20H31N3O2. The van der Waals surface area contributed by atoms with E-state index in [4.69, 9.17) is 0 Å². The summed E-state index contributed by atoms with van der Waals surface area (Å²) in [5.74, 6) is 0.999. The Morgan fingerprint density at radius 1 is 1.24 bits per heavy atom. The van der Waals surface area contributed by atoms with Gasteiger partial charge in [0, 0.05) is 43.4 Å². The summed E-state index contributed by atoms with van der Waals surface area (Å²) in [5.41, 5.74) is 0.712. The second-order valence-corrected chi connectivity index (χ2v) is 7.69. The molecule has 2 fully saturated rings. The van der Waals surface area contributed by atoms with E-state index in [-0.39, 0.29) is 17.9 Å². The quantitative estimate of drug-likeness (QED) is 0.891. The fraction of sp³-hybridized carbons (Fsp3) is 0.700. The third-order valence-corrected chi connectivity index (χ3v) is 5.74. The number of carbonyl (C=O) groups is 1. The molecule has 5 heteroatoms. The van der Waals surface area contributed by atoms with Crippen molar-refractivity contribution in [3.63, 3.8) is 0 Å². The minimum Gasteiger partial charge on any atom is -0.396 e. The molecule has 0 spiro atoms. The third kappa shape index (κ3) is 4.14. The summed E-state index contributed by atoms with van der Waals surface area (Å²) >= 11 is 0. The van der Waals surface area contributed by atoms with Crippen LogP contribution in [0.1, 0.15) is 62.2 Å². The Labute approximate surface area is 151 Å². The summed E-state index contributed by atoms with van der Waals surface area (Å²) in [4.78, 5) is 21.5. The average molecular weight is 345 g/mol. The van der Waals surface area contributed by atoms with Gasteiger partial charge in [0.1, 0.15) is 5.82 Å². The number of hydrogen-bond donors (Lipinski definition) is 1. The number of aliphatic hydroxyl groups excluding tert-OH is 1. The lowest BCUT2D eigenvalue weighted by Crippen LogP contribution is -2.45. The first-order valence-electron chi connectivity index (χ1n) is 9.78. The standard InChI is InChI=1S/C20H31N3O2/c1-2-8-20(16-24)9-6-13-23(15-20)18-14-17(7-10-21-18)19(25)22-11-4-3-5-12-22/h7,10,14,24H,2-6,8-9,11-13,15-16H2,1H3/t20-/m0/s1. The number of amides is 1. The Morgan fingerprint density at radius 3 is 2.76 bits per heavy atom. The molecule has 0 bridgehead atoms. The Morgan fingerprint density at radius 2 is 2.04 bits per heavy atom. The fourth-order valence-electron chi connectivity index (χ4n) is 4.35. The highest BCUT2D eigenvalue weighted by Crippen LogP contribution is 2.35. The van der Waals surface area contributed by atoms with E-state index in [1.54, 1.807) is 6.20 Å². The largest absolute Gasteiger partial charge is 0.396 e. The average Bonchev–Trinajstić information content (AvgIpc) is 2.68. The maximum absolute atomic E-state index is 12.8. The van der Waals surface area contributed by atoms with E-state index in [9.17, 15) is 9.90 Å². The molecule has 0 unspecified atom stereocenters. The fourth-order valence-corrected chi connectivity index (χ4v) is 4.35. The van der Waals surface area contributed by atoms with Crippen LogP contribution in [0.2, 0.25) is 0 Å². The van der Waals surface area contributed by atoms with Gasteiger partial charge in [-0.3, -0.25) is 4.79 Å². The zero-order valence-electron chi connectivity index (χ0n) is 15.4. The molecule has 1 aromatic rings. The van der Waals surface area contributed by atoms with Crippen molar-refractivity contribution in [3.8, 4) is 0 Å². The second kappa shape index (κ2) is 8.17. The maximum atomic E-state index is 12.8. The van der Waals surface area contributed by atoms with Crippen molar-refractivity contribution in [1.82, 2.24) is 9.88 Å². The third-order valence-electron chi connectivity index (χ3n) is 5.74. The molecule has 3 heterocycles. The van der Waals surface area contributed by atoms with Crippen LogP contribution in [0, 0.1) is 5.41 Å². The van der Waals surface area contributed by atoms with Gasteiger partial charge in [-0.1, -0.05) is 13.3 Å². The molecule has 1 aromatic heterocycles. The van der Waals surface area contributed by atoms with E-state index in [1.165, 1.54) is 6.42 Å². The van der Waals surface area contributed by atoms with Crippen LogP contribution in [0.5, 0.6) is 0 Å². The van der Waals surface area contributed by atoms with Gasteiger partial charge < -0.3 is 14.9 Å². The smallest absolute Gasteiger partial charge is 0.254 e. The van der Waals surface area contributed by atoms with Gasteiger partial charge in [0.05, 0.1) is 6.61 Å². The van der Waals surface area contributed by atoms with Crippen molar-refractivity contribution in [2.24, 2.45) is 5.41 Å². The van der Waals surface area contributed by atoms with Gasteiger partial charge in [-0.25, -0.2) is 4.98 Å². The normalized spacial score (nSPS) is 24.4. The van der Waals surface area contributed by atoms with Crippen LogP contribution >= 0.6 is 0 Å². The summed E-state index contributed by atoms with van der Waals surface area (Å²) in [5, 5.41) is 9.94. The summed E-state index contributed by atoms with van der Waals surface area (Å²) in [6.07, 6.45) is 9.42. The van der Waals surface area contributed by atoms with E-state index < -0.39 is 0 Å². The van der Waals surface area contributed by atoms with E-state index in [2.05, 4.69) is 16.8 Å². The lowest BCUT2D eigenvalue weighted by molar-refractivity contribution is 0.0724. The molecule has 0 radical (unpaired) electrons. The SMILES string of the molecule is CCC[C@]1(CO)CCCN(c2cc(C(=O)N3CCCCC3)ccn2)C1. The number of pyridine rings is 1. The van der Waals surface area contributed by atoms with Gasteiger partial charge in [-0.05, 0) is 50.7 Å². The van der Waals surface area contributed by atoms with Crippen LogP contribution < -0.4 is 4.90 Å². The molecule has 1 atom stereocenters. The molecule has 5 nitrogen and oxygen atoms in total. The molecule has 25 heavy (non-hydrogen) atoms. The van der Waals surface area contributed by atoms with Crippen LogP contribution in [0.25, 0.3) is 0 Å². The molecule has 0 saturated carbocycles. The first-order valence-corrected chi connectivity index (χ1v) is 9.78. The summed E-state index contributed by atoms with van der Waals surface area (Å²) < 4.78 is 0. The number of carbonyl (C=O) groups excluding carboxylic acids is 1. The van der Waals surface area contributed by atoms with Crippen LogP contribution in [-0.2, 0) is 0 Å². The Hall–Kier alpha value is -1.62. The second-order valence-electron chi connectivity index (χ2n) is 7.69. The van der Waals surface area contributed by atoms with E-state index in [1.807, 2.05) is 17.0 Å². The highest BCUT2D eigenvalue weighted by atomic mass is 16.3. The van der Waals surface area contributed by atoms with Crippen LogP contribution in [0.15, 0.2) is 18.3 Å². The molecule has 1 N–H and O–H groups in total. The molecule has 2 aliphatic rings. The molecule has 2 saturated heterocycles. The maximum Gasteiger partial charge on any atom is 0.254 e. The van der Waals surface area contributed by atoms with Gasteiger partial charge in [-0.15, -0.1) is 0 Å². The van der Waals surface area contributed by atoms with Crippen molar-refractivity contribution in [3.05, 3.63) is 23.9 Å². The van der Waals surface area contributed by atoms with Gasteiger partial charge in [-0.2, -0.15) is 0 Å². The number of anilines is 1. The molecule has 138 valence electrons. The minimum atomic E-state index is -0.0262. The molecule has 2 aliphatic heterocycles. The van der Waals surface area contributed by atoms with Gasteiger partial charge in [0.15, 0.2) is 0 Å². The number of likely N-dealkylation sites (tertiary alicyclic amines) is 1. The number of nitrogens with zero attached hydrogens (tertiary/aromatic N) is 3. The van der Waals surface area contributed by atoms with Crippen molar-refractivity contribution in [1.29, 1.82) is 0 Å². The molecule has 3 rings (SSSR count). The Kier molecular flexibility index (Phi) is 5.94. The lowest BCUT2D eigenvalue weighted by atomic mass is 9.77. The monoisotopic (exact) mass is 345 g/mol. The minimum absolute atomic E-state index is 0.0262. The van der Waals surface area contributed by atoms with Crippen molar-refractivity contribution < 1.29 is 9.90 Å². The number of aromatic nitrogens is 1. The van der Waals surface area contributed by atoms with Crippen LogP contribution in [0.4, 0.5) is 5.82 Å². The highest BCUT2D eigenvalue weighted by molar-refractivity contribution is 5.94. The summed E-state index contributed by atoms with van der Waals surface area (Å²) in [7, 11) is 0. The highest BCUT2D eigenvalue weighted by Gasteiger charge is 2.34. The van der Waals surface area contributed by atoms with E-state index in [0.717, 1.165) is 76.1 Å². The first-order chi connectivity index (χ1) is 12.2. The molecule has 0 aliphatic carbocycles. The lowest BCUT2D eigenvalue weighted by Gasteiger charge is -2.42. The number of aliphatic hydroxyl groups is 1. The van der Waals surface area contributed by atoms with Gasteiger partial charge >= 0.3 is 0 Å².